The minimum atomic E-state index is -0.150. The maximum atomic E-state index is 13.2. The monoisotopic (exact) mass is 291 g/mol. The molecule has 0 bridgehead atoms. The molecule has 3 nitrogen and oxygen atoms in total. The summed E-state index contributed by atoms with van der Waals surface area (Å²) < 4.78 is 13.2. The molecular weight excluding hydrogens is 273 g/mol. The standard InChI is InChI=1S/C15H18FN3S/c1-15(2,3)13-17-18-14(20-13)19-7-6-10-8-12(16)5-4-11(10)9-19/h4-5,8H,6-7,9H2,1-3H3. The van der Waals surface area contributed by atoms with E-state index in [1.807, 2.05) is 6.07 Å². The van der Waals surface area contributed by atoms with Gasteiger partial charge in [-0.15, -0.1) is 10.2 Å². The molecule has 106 valence electrons. The van der Waals surface area contributed by atoms with Gasteiger partial charge >= 0.3 is 0 Å². The minimum absolute atomic E-state index is 0.0345. The van der Waals surface area contributed by atoms with Crippen LogP contribution in [0.2, 0.25) is 0 Å². The fraction of sp³-hybridized carbons (Fsp3) is 0.467. The lowest BCUT2D eigenvalue weighted by Gasteiger charge is -2.28. The maximum Gasteiger partial charge on any atom is 0.208 e. The first kappa shape index (κ1) is 13.5. The molecule has 0 saturated carbocycles. The van der Waals surface area contributed by atoms with Crippen molar-refractivity contribution in [1.82, 2.24) is 10.2 Å². The van der Waals surface area contributed by atoms with Gasteiger partial charge in [-0.05, 0) is 29.7 Å². The van der Waals surface area contributed by atoms with Gasteiger partial charge in [-0.25, -0.2) is 4.39 Å². The summed E-state index contributed by atoms with van der Waals surface area (Å²) in [6.45, 7) is 8.09. The lowest BCUT2D eigenvalue weighted by molar-refractivity contribution is 0.578. The summed E-state index contributed by atoms with van der Waals surface area (Å²) in [7, 11) is 0. The molecule has 2 heterocycles. The third kappa shape index (κ3) is 2.54. The average molecular weight is 291 g/mol. The van der Waals surface area contributed by atoms with Crippen LogP contribution in [-0.2, 0) is 18.4 Å². The Bertz CT molecular complexity index is 630. The first-order valence-electron chi connectivity index (χ1n) is 6.80. The average Bonchev–Trinajstić information content (AvgIpc) is 2.87. The second-order valence-electron chi connectivity index (χ2n) is 6.22. The van der Waals surface area contributed by atoms with Crippen molar-refractivity contribution < 1.29 is 4.39 Å². The zero-order chi connectivity index (χ0) is 14.3. The van der Waals surface area contributed by atoms with Crippen LogP contribution < -0.4 is 4.90 Å². The number of hydrogen-bond donors (Lipinski definition) is 0. The molecule has 1 aliphatic heterocycles. The number of benzene rings is 1. The molecule has 3 rings (SSSR count). The maximum absolute atomic E-state index is 13.2. The van der Waals surface area contributed by atoms with Crippen LogP contribution >= 0.6 is 11.3 Å². The van der Waals surface area contributed by atoms with Crippen LogP contribution in [0.4, 0.5) is 9.52 Å². The number of fused-ring (bicyclic) bond motifs is 1. The SMILES string of the molecule is CC(C)(C)c1nnc(N2CCc3cc(F)ccc3C2)s1. The van der Waals surface area contributed by atoms with E-state index in [1.165, 1.54) is 11.6 Å². The van der Waals surface area contributed by atoms with Gasteiger partial charge in [0.1, 0.15) is 10.8 Å². The van der Waals surface area contributed by atoms with Gasteiger partial charge in [-0.3, -0.25) is 0 Å². The molecular formula is C15H18FN3S. The van der Waals surface area contributed by atoms with Crippen molar-refractivity contribution in [3.8, 4) is 0 Å². The fourth-order valence-corrected chi connectivity index (χ4v) is 3.26. The van der Waals surface area contributed by atoms with Gasteiger partial charge < -0.3 is 4.90 Å². The predicted molar refractivity (Wildman–Crippen MR) is 79.8 cm³/mol. The van der Waals surface area contributed by atoms with Crippen molar-refractivity contribution >= 4 is 16.5 Å². The molecule has 5 heteroatoms. The summed E-state index contributed by atoms with van der Waals surface area (Å²) in [5, 5.41) is 10.6. The number of halogens is 1. The van der Waals surface area contributed by atoms with Gasteiger partial charge in [0.25, 0.3) is 0 Å². The third-order valence-electron chi connectivity index (χ3n) is 3.51. The van der Waals surface area contributed by atoms with Crippen molar-refractivity contribution in [3.63, 3.8) is 0 Å². The highest BCUT2D eigenvalue weighted by molar-refractivity contribution is 7.15. The van der Waals surface area contributed by atoms with Crippen molar-refractivity contribution in [2.45, 2.75) is 39.2 Å². The first-order valence-corrected chi connectivity index (χ1v) is 7.61. The van der Waals surface area contributed by atoms with Crippen LogP contribution in [0.25, 0.3) is 0 Å². The molecule has 1 aliphatic rings. The molecule has 0 unspecified atom stereocenters. The molecule has 2 aromatic rings. The summed E-state index contributed by atoms with van der Waals surface area (Å²) in [4.78, 5) is 2.23. The van der Waals surface area contributed by atoms with Gasteiger partial charge in [0, 0.05) is 18.5 Å². The van der Waals surface area contributed by atoms with Crippen LogP contribution in [0, 0.1) is 5.82 Å². The predicted octanol–water partition coefficient (Wildman–Crippen LogP) is 3.54. The van der Waals surface area contributed by atoms with Crippen molar-refractivity contribution in [1.29, 1.82) is 0 Å². The summed E-state index contributed by atoms with van der Waals surface area (Å²) in [6.07, 6.45) is 0.859. The van der Waals surface area contributed by atoms with E-state index < -0.39 is 0 Å². The van der Waals surface area contributed by atoms with E-state index in [1.54, 1.807) is 17.4 Å². The van der Waals surface area contributed by atoms with Gasteiger partial charge in [-0.2, -0.15) is 0 Å². The lowest BCUT2D eigenvalue weighted by Crippen LogP contribution is -2.30. The van der Waals surface area contributed by atoms with Crippen LogP contribution in [0.3, 0.4) is 0 Å². The van der Waals surface area contributed by atoms with E-state index in [0.717, 1.165) is 35.2 Å². The van der Waals surface area contributed by atoms with Gasteiger partial charge in [-0.1, -0.05) is 38.2 Å². The normalized spacial score (nSPS) is 15.3. The van der Waals surface area contributed by atoms with E-state index in [2.05, 4.69) is 35.9 Å². The number of aromatic nitrogens is 2. The highest BCUT2D eigenvalue weighted by Crippen LogP contribution is 2.32. The molecule has 20 heavy (non-hydrogen) atoms. The second kappa shape index (κ2) is 4.81. The summed E-state index contributed by atoms with van der Waals surface area (Å²) in [6, 6.07) is 5.05. The zero-order valence-electron chi connectivity index (χ0n) is 12.0. The Kier molecular flexibility index (Phi) is 3.24. The summed E-state index contributed by atoms with van der Waals surface area (Å²) >= 11 is 1.65. The third-order valence-corrected chi connectivity index (χ3v) is 4.92. The van der Waals surface area contributed by atoms with Crippen LogP contribution in [-0.4, -0.2) is 16.7 Å². The Morgan fingerprint density at radius 2 is 2.00 bits per heavy atom. The number of hydrogen-bond acceptors (Lipinski definition) is 4. The molecule has 0 amide bonds. The molecule has 0 spiro atoms. The van der Waals surface area contributed by atoms with E-state index in [4.69, 9.17) is 0 Å². The Morgan fingerprint density at radius 3 is 2.70 bits per heavy atom. The molecule has 0 saturated heterocycles. The summed E-state index contributed by atoms with van der Waals surface area (Å²) in [5.41, 5.74) is 2.33. The van der Waals surface area contributed by atoms with E-state index >= 15 is 0 Å². The quantitative estimate of drug-likeness (QED) is 0.805. The number of nitrogens with zero attached hydrogens (tertiary/aromatic N) is 3. The molecule has 0 N–H and O–H groups in total. The Labute approximate surface area is 122 Å². The first-order chi connectivity index (χ1) is 9.43. The Hall–Kier alpha value is -1.49. The lowest BCUT2D eigenvalue weighted by atomic mass is 9.98. The minimum Gasteiger partial charge on any atom is -0.342 e. The molecule has 1 aromatic carbocycles. The second-order valence-corrected chi connectivity index (χ2v) is 7.18. The molecule has 1 aromatic heterocycles. The van der Waals surface area contributed by atoms with Crippen molar-refractivity contribution in [2.75, 3.05) is 11.4 Å². The smallest absolute Gasteiger partial charge is 0.208 e. The van der Waals surface area contributed by atoms with Crippen molar-refractivity contribution in [2.24, 2.45) is 0 Å². The number of rotatable bonds is 1. The highest BCUT2D eigenvalue weighted by atomic mass is 32.1. The van der Waals surface area contributed by atoms with Gasteiger partial charge in [0.2, 0.25) is 5.13 Å². The van der Waals surface area contributed by atoms with Crippen LogP contribution in [0.15, 0.2) is 18.2 Å². The van der Waals surface area contributed by atoms with Crippen molar-refractivity contribution in [3.05, 3.63) is 40.2 Å². The molecule has 0 radical (unpaired) electrons. The highest BCUT2D eigenvalue weighted by Gasteiger charge is 2.24. The van der Waals surface area contributed by atoms with Crippen LogP contribution in [0.1, 0.15) is 36.9 Å². The molecule has 0 aliphatic carbocycles. The number of anilines is 1. The van der Waals surface area contributed by atoms with E-state index in [9.17, 15) is 4.39 Å². The molecule has 0 atom stereocenters. The topological polar surface area (TPSA) is 29.0 Å². The Balaban J connectivity index is 1.83. The summed E-state index contributed by atoms with van der Waals surface area (Å²) in [5.74, 6) is -0.150. The fourth-order valence-electron chi connectivity index (χ4n) is 2.33. The van der Waals surface area contributed by atoms with Gasteiger partial charge in [0.15, 0.2) is 0 Å². The largest absolute Gasteiger partial charge is 0.342 e. The molecule has 0 fully saturated rings. The van der Waals surface area contributed by atoms with E-state index in [-0.39, 0.29) is 11.2 Å². The van der Waals surface area contributed by atoms with Gasteiger partial charge in [0.05, 0.1) is 0 Å². The Morgan fingerprint density at radius 1 is 1.20 bits per heavy atom. The van der Waals surface area contributed by atoms with Crippen LogP contribution in [0.5, 0.6) is 0 Å². The zero-order valence-corrected chi connectivity index (χ0v) is 12.8. The van der Waals surface area contributed by atoms with E-state index in [0.29, 0.717) is 0 Å².